The number of primary amides is 1. The maximum atomic E-state index is 10.6. The Morgan fingerprint density at radius 2 is 1.75 bits per heavy atom. The van der Waals surface area contributed by atoms with Crippen LogP contribution in [0.2, 0.25) is 0 Å². The summed E-state index contributed by atoms with van der Waals surface area (Å²) in [6.45, 7) is 2.68. The number of nitrogens with zero attached hydrogens (tertiary/aromatic N) is 2. The van der Waals surface area contributed by atoms with E-state index in [0.29, 0.717) is 6.54 Å². The van der Waals surface area contributed by atoms with E-state index < -0.39 is 6.03 Å². The maximum absolute atomic E-state index is 10.6. The number of hydrazine groups is 1. The first-order chi connectivity index (χ1) is 4.59. The molecule has 0 unspecified atom stereocenters. The molecule has 0 fully saturated rings. The van der Waals surface area contributed by atoms with Crippen LogP contribution in [-0.4, -0.2) is 36.7 Å². The quantitative estimate of drug-likeness (QED) is 0.721. The second kappa shape index (κ2) is 8.90. The molecule has 0 saturated heterocycles. The third-order valence-corrected chi connectivity index (χ3v) is 1.17. The zero-order chi connectivity index (χ0) is 8.15. The van der Waals surface area contributed by atoms with Crippen LogP contribution in [-0.2, 0) is 0 Å². The van der Waals surface area contributed by atoms with Gasteiger partial charge in [-0.25, -0.2) is 9.80 Å². The van der Waals surface area contributed by atoms with Crippen molar-refractivity contribution in [2.24, 2.45) is 5.73 Å². The predicted octanol–water partition coefficient (Wildman–Crippen LogP) is 1.10. The normalized spacial score (nSPS) is 8.33. The minimum Gasteiger partial charge on any atom is -0.350 e. The highest BCUT2D eigenvalue weighted by Crippen LogP contribution is 1.92. The van der Waals surface area contributed by atoms with Gasteiger partial charge in [0, 0.05) is 20.6 Å². The largest absolute Gasteiger partial charge is 0.350 e. The first-order valence-corrected chi connectivity index (χ1v) is 3.33. The van der Waals surface area contributed by atoms with Crippen LogP contribution in [0, 0.1) is 0 Å². The summed E-state index contributed by atoms with van der Waals surface area (Å²) in [5.74, 6) is 0. The van der Waals surface area contributed by atoms with E-state index >= 15 is 0 Å². The molecule has 2 amide bonds. The lowest BCUT2D eigenvalue weighted by atomic mass is 10.5. The van der Waals surface area contributed by atoms with Gasteiger partial charge in [-0.05, 0) is 6.42 Å². The SMILES string of the molecule is CCCN(C(N)=O)N(C)C.Cl.Cl. The summed E-state index contributed by atoms with van der Waals surface area (Å²) in [5, 5.41) is 3.17. The van der Waals surface area contributed by atoms with E-state index in [1.54, 1.807) is 19.1 Å². The van der Waals surface area contributed by atoms with Crippen molar-refractivity contribution in [1.82, 2.24) is 10.0 Å². The summed E-state index contributed by atoms with van der Waals surface area (Å²) in [5.41, 5.74) is 5.07. The van der Waals surface area contributed by atoms with Gasteiger partial charge in [-0.3, -0.25) is 5.01 Å². The van der Waals surface area contributed by atoms with Crippen LogP contribution < -0.4 is 5.73 Å². The topological polar surface area (TPSA) is 49.6 Å². The Morgan fingerprint density at radius 1 is 1.33 bits per heavy atom. The molecule has 0 aliphatic heterocycles. The smallest absolute Gasteiger partial charge is 0.329 e. The molecule has 0 rings (SSSR count). The standard InChI is InChI=1S/C6H15N3O.2ClH/c1-4-5-9(6(7)10)8(2)3;;/h4-5H2,1-3H3,(H2,7,10);2*1H. The fourth-order valence-corrected chi connectivity index (χ4v) is 0.719. The summed E-state index contributed by atoms with van der Waals surface area (Å²) in [7, 11) is 3.58. The Morgan fingerprint density at radius 3 is 1.83 bits per heavy atom. The molecule has 0 radical (unpaired) electrons. The molecule has 0 heterocycles. The second-order valence-corrected chi connectivity index (χ2v) is 2.31. The fraction of sp³-hybridized carbons (Fsp3) is 0.833. The molecule has 12 heavy (non-hydrogen) atoms. The zero-order valence-corrected chi connectivity index (χ0v) is 9.24. The van der Waals surface area contributed by atoms with Crippen LogP contribution >= 0.6 is 24.8 Å². The summed E-state index contributed by atoms with van der Waals surface area (Å²) in [6.07, 6.45) is 0.918. The van der Waals surface area contributed by atoms with Gasteiger partial charge >= 0.3 is 6.03 Å². The monoisotopic (exact) mass is 217 g/mol. The third-order valence-electron chi connectivity index (χ3n) is 1.17. The van der Waals surface area contributed by atoms with Crippen molar-refractivity contribution in [1.29, 1.82) is 0 Å². The van der Waals surface area contributed by atoms with Gasteiger partial charge < -0.3 is 5.73 Å². The number of amides is 2. The van der Waals surface area contributed by atoms with Crippen LogP contribution in [0.4, 0.5) is 4.79 Å². The Kier molecular flexibility index (Phi) is 13.2. The molecule has 0 aromatic heterocycles. The van der Waals surface area contributed by atoms with E-state index in [1.807, 2.05) is 6.92 Å². The summed E-state index contributed by atoms with van der Waals surface area (Å²) < 4.78 is 0. The molecule has 2 N–H and O–H groups in total. The lowest BCUT2D eigenvalue weighted by Gasteiger charge is -2.26. The van der Waals surface area contributed by atoms with Crippen molar-refractivity contribution < 1.29 is 4.79 Å². The number of carbonyl (C=O) groups excluding carboxylic acids is 1. The number of urea groups is 1. The molecule has 6 heteroatoms. The number of halogens is 2. The molecule has 0 aromatic rings. The lowest BCUT2D eigenvalue weighted by molar-refractivity contribution is 0.0686. The van der Waals surface area contributed by atoms with Crippen LogP contribution in [0.25, 0.3) is 0 Å². The molecule has 0 aliphatic carbocycles. The van der Waals surface area contributed by atoms with Gasteiger partial charge in [-0.15, -0.1) is 24.8 Å². The van der Waals surface area contributed by atoms with E-state index in [-0.39, 0.29) is 24.8 Å². The van der Waals surface area contributed by atoms with Crippen molar-refractivity contribution in [2.45, 2.75) is 13.3 Å². The molecule has 0 atom stereocenters. The van der Waals surface area contributed by atoms with E-state index in [2.05, 4.69) is 0 Å². The number of rotatable bonds is 3. The number of carbonyl (C=O) groups is 1. The number of nitrogens with two attached hydrogens (primary N) is 1. The van der Waals surface area contributed by atoms with Crippen molar-refractivity contribution >= 4 is 30.8 Å². The zero-order valence-electron chi connectivity index (χ0n) is 7.61. The van der Waals surface area contributed by atoms with Gasteiger partial charge in [0.25, 0.3) is 0 Å². The summed E-state index contributed by atoms with van der Waals surface area (Å²) in [4.78, 5) is 10.6. The van der Waals surface area contributed by atoms with Gasteiger partial charge in [0.2, 0.25) is 0 Å². The minimum atomic E-state index is -0.396. The fourth-order valence-electron chi connectivity index (χ4n) is 0.719. The number of hydrogen-bond acceptors (Lipinski definition) is 2. The van der Waals surface area contributed by atoms with Crippen molar-refractivity contribution in [3.05, 3.63) is 0 Å². The van der Waals surface area contributed by atoms with Gasteiger partial charge in [-0.1, -0.05) is 6.92 Å². The van der Waals surface area contributed by atoms with Crippen molar-refractivity contribution in [2.75, 3.05) is 20.6 Å². The molecule has 0 aromatic carbocycles. The van der Waals surface area contributed by atoms with Crippen LogP contribution in [0.1, 0.15) is 13.3 Å². The van der Waals surface area contributed by atoms with E-state index in [9.17, 15) is 4.79 Å². The highest BCUT2D eigenvalue weighted by molar-refractivity contribution is 5.85. The molecular weight excluding hydrogens is 201 g/mol. The maximum Gasteiger partial charge on any atom is 0.329 e. The minimum absolute atomic E-state index is 0. The van der Waals surface area contributed by atoms with E-state index in [4.69, 9.17) is 5.73 Å². The van der Waals surface area contributed by atoms with Crippen LogP contribution in [0.3, 0.4) is 0 Å². The lowest BCUT2D eigenvalue weighted by Crippen LogP contribution is -2.45. The number of hydrogen-bond donors (Lipinski definition) is 1. The molecule has 0 bridgehead atoms. The average Bonchev–Trinajstić information content (AvgIpc) is 1.81. The van der Waals surface area contributed by atoms with Crippen molar-refractivity contribution in [3.63, 3.8) is 0 Å². The van der Waals surface area contributed by atoms with Gasteiger partial charge in [0.15, 0.2) is 0 Å². The average molecular weight is 218 g/mol. The molecule has 0 spiro atoms. The first-order valence-electron chi connectivity index (χ1n) is 3.33. The molecule has 4 nitrogen and oxygen atoms in total. The van der Waals surface area contributed by atoms with E-state index in [0.717, 1.165) is 6.42 Å². The van der Waals surface area contributed by atoms with E-state index in [1.165, 1.54) is 5.01 Å². The Balaban J connectivity index is -0.000000405. The second-order valence-electron chi connectivity index (χ2n) is 2.31. The Bertz CT molecular complexity index is 121. The van der Waals surface area contributed by atoms with Gasteiger partial charge in [0.1, 0.15) is 0 Å². The molecule has 76 valence electrons. The molecular formula is C6H17Cl2N3O. The molecule has 0 aliphatic rings. The van der Waals surface area contributed by atoms with Gasteiger partial charge in [0.05, 0.1) is 0 Å². The van der Waals surface area contributed by atoms with Crippen molar-refractivity contribution in [3.8, 4) is 0 Å². The molecule has 0 saturated carbocycles. The summed E-state index contributed by atoms with van der Waals surface area (Å²) >= 11 is 0. The highest BCUT2D eigenvalue weighted by Gasteiger charge is 2.08. The predicted molar refractivity (Wildman–Crippen MR) is 54.8 cm³/mol. The highest BCUT2D eigenvalue weighted by atomic mass is 35.5. The Hall–Kier alpha value is -0.190. The van der Waals surface area contributed by atoms with Crippen LogP contribution in [0.5, 0.6) is 0 Å². The third kappa shape index (κ3) is 6.52. The first kappa shape index (κ1) is 17.8. The van der Waals surface area contributed by atoms with Crippen LogP contribution in [0.15, 0.2) is 0 Å². The Labute approximate surface area is 85.9 Å². The van der Waals surface area contributed by atoms with Gasteiger partial charge in [-0.2, -0.15) is 0 Å². The summed E-state index contributed by atoms with van der Waals surface area (Å²) in [6, 6.07) is -0.396.